The molecule has 23 heavy (non-hydrogen) atoms. The number of benzene rings is 3. The Hall–Kier alpha value is -2.21. The third-order valence-electron chi connectivity index (χ3n) is 3.37. The van der Waals surface area contributed by atoms with E-state index in [9.17, 15) is 8.42 Å². The Balaban J connectivity index is 0.000000168. The normalized spacial score (nSPS) is 10.9. The highest BCUT2D eigenvalue weighted by atomic mass is 32.2. The second-order valence-electron chi connectivity index (χ2n) is 5.08. The highest BCUT2D eigenvalue weighted by molar-refractivity contribution is 7.85. The van der Waals surface area contributed by atoms with Crippen LogP contribution in [0.5, 0.6) is 0 Å². The van der Waals surface area contributed by atoms with Gasteiger partial charge in [-0.2, -0.15) is 8.42 Å². The minimum Gasteiger partial charge on any atom is -0.392 e. The monoisotopic (exact) mass is 330 g/mol. The molecular formula is C18H18O4S. The molecule has 3 aromatic carbocycles. The van der Waals surface area contributed by atoms with E-state index in [0.717, 1.165) is 16.5 Å². The zero-order valence-electron chi connectivity index (χ0n) is 12.7. The molecule has 0 aliphatic rings. The molecule has 0 saturated carbocycles. The van der Waals surface area contributed by atoms with Crippen molar-refractivity contribution in [3.05, 3.63) is 77.9 Å². The topological polar surface area (TPSA) is 74.6 Å². The molecule has 0 saturated heterocycles. The summed E-state index contributed by atoms with van der Waals surface area (Å²) in [4.78, 5) is -0.0666. The van der Waals surface area contributed by atoms with Crippen LogP contribution in [0.4, 0.5) is 0 Å². The first-order valence-corrected chi connectivity index (χ1v) is 8.47. The number of aliphatic hydroxyl groups excluding tert-OH is 1. The summed E-state index contributed by atoms with van der Waals surface area (Å²) in [6.45, 7) is 1.95. The van der Waals surface area contributed by atoms with E-state index >= 15 is 0 Å². The first kappa shape index (κ1) is 17.1. The molecule has 0 aromatic heterocycles. The minimum atomic E-state index is -4.02. The van der Waals surface area contributed by atoms with Crippen LogP contribution in [0.3, 0.4) is 0 Å². The molecule has 120 valence electrons. The number of fused-ring (bicyclic) bond motifs is 1. The Labute approximate surface area is 135 Å². The van der Waals surface area contributed by atoms with E-state index in [4.69, 9.17) is 9.66 Å². The van der Waals surface area contributed by atoms with Crippen molar-refractivity contribution in [2.45, 2.75) is 18.4 Å². The first-order valence-electron chi connectivity index (χ1n) is 7.03. The molecule has 2 N–H and O–H groups in total. The van der Waals surface area contributed by atoms with E-state index in [2.05, 4.69) is 12.1 Å². The molecule has 0 aliphatic heterocycles. The van der Waals surface area contributed by atoms with E-state index in [-0.39, 0.29) is 11.5 Å². The molecule has 5 heteroatoms. The maximum Gasteiger partial charge on any atom is 0.294 e. The van der Waals surface area contributed by atoms with Crippen LogP contribution in [0.1, 0.15) is 11.1 Å². The Morgan fingerprint density at radius 1 is 0.870 bits per heavy atom. The lowest BCUT2D eigenvalue weighted by molar-refractivity contribution is 0.283. The van der Waals surface area contributed by atoms with Gasteiger partial charge in [0.25, 0.3) is 10.1 Å². The van der Waals surface area contributed by atoms with Crippen molar-refractivity contribution >= 4 is 20.9 Å². The molecular weight excluding hydrogens is 312 g/mol. The largest absolute Gasteiger partial charge is 0.392 e. The molecule has 0 amide bonds. The van der Waals surface area contributed by atoms with E-state index < -0.39 is 10.1 Å². The lowest BCUT2D eigenvalue weighted by Crippen LogP contribution is -1.96. The standard InChI is InChI=1S/C11H10O.C7H8O3S/c12-8-10-6-3-5-9-4-1-2-7-11(9)10;1-6-2-4-7(5-3-6)11(8,9)10/h1-7,12H,8H2;2-5H,1H3,(H,8,9,10). The summed E-state index contributed by atoms with van der Waals surface area (Å²) in [5.41, 5.74) is 1.95. The van der Waals surface area contributed by atoms with E-state index in [1.165, 1.54) is 17.5 Å². The summed E-state index contributed by atoms with van der Waals surface area (Å²) in [5, 5.41) is 11.4. The fourth-order valence-electron chi connectivity index (χ4n) is 2.14. The first-order chi connectivity index (χ1) is 10.9. The SMILES string of the molecule is Cc1ccc(S(=O)(=O)O)cc1.OCc1cccc2ccccc12. The Bertz CT molecular complexity index is 879. The molecule has 4 nitrogen and oxygen atoms in total. The van der Waals surface area contributed by atoms with Crippen LogP contribution in [-0.2, 0) is 16.7 Å². The summed E-state index contributed by atoms with van der Waals surface area (Å²) in [6.07, 6.45) is 0. The van der Waals surface area contributed by atoms with Crippen LogP contribution < -0.4 is 0 Å². The van der Waals surface area contributed by atoms with Crippen LogP contribution in [-0.4, -0.2) is 18.1 Å². The summed E-state index contributed by atoms with van der Waals surface area (Å²) in [6, 6.07) is 20.0. The smallest absolute Gasteiger partial charge is 0.294 e. The summed E-state index contributed by atoms with van der Waals surface area (Å²) in [7, 11) is -4.02. The van der Waals surface area contributed by atoms with Gasteiger partial charge in [-0.25, -0.2) is 0 Å². The predicted octanol–water partition coefficient (Wildman–Crippen LogP) is 3.57. The highest BCUT2D eigenvalue weighted by Crippen LogP contribution is 2.17. The number of hydrogen-bond donors (Lipinski definition) is 2. The maximum absolute atomic E-state index is 10.5. The number of aliphatic hydroxyl groups is 1. The van der Waals surface area contributed by atoms with Crippen LogP contribution in [0.25, 0.3) is 10.8 Å². The summed E-state index contributed by atoms with van der Waals surface area (Å²) < 4.78 is 29.6. The molecule has 0 bridgehead atoms. The molecule has 0 heterocycles. The molecule has 0 fully saturated rings. The second kappa shape index (κ2) is 7.37. The maximum atomic E-state index is 10.5. The molecule has 0 radical (unpaired) electrons. The predicted molar refractivity (Wildman–Crippen MR) is 90.9 cm³/mol. The van der Waals surface area contributed by atoms with Gasteiger partial charge in [0.1, 0.15) is 0 Å². The fraction of sp³-hybridized carbons (Fsp3) is 0.111. The number of rotatable bonds is 2. The average molecular weight is 330 g/mol. The van der Waals surface area contributed by atoms with E-state index in [0.29, 0.717) is 0 Å². The molecule has 3 aromatic rings. The van der Waals surface area contributed by atoms with Crippen molar-refractivity contribution < 1.29 is 18.1 Å². The lowest BCUT2D eigenvalue weighted by atomic mass is 10.1. The van der Waals surface area contributed by atoms with Crippen LogP contribution in [0.15, 0.2) is 71.6 Å². The van der Waals surface area contributed by atoms with Gasteiger partial charge in [0.05, 0.1) is 11.5 Å². The zero-order valence-corrected chi connectivity index (χ0v) is 13.5. The van der Waals surface area contributed by atoms with Crippen molar-refractivity contribution in [1.82, 2.24) is 0 Å². The third kappa shape index (κ3) is 4.63. The Morgan fingerprint density at radius 3 is 2.09 bits per heavy atom. The molecule has 0 spiro atoms. The summed E-state index contributed by atoms with van der Waals surface area (Å²) >= 11 is 0. The van der Waals surface area contributed by atoms with Crippen molar-refractivity contribution in [3.8, 4) is 0 Å². The zero-order chi connectivity index (χ0) is 16.9. The van der Waals surface area contributed by atoms with Gasteiger partial charge in [-0.1, -0.05) is 60.2 Å². The van der Waals surface area contributed by atoms with Crippen LogP contribution >= 0.6 is 0 Å². The van der Waals surface area contributed by atoms with Crippen molar-refractivity contribution in [1.29, 1.82) is 0 Å². The van der Waals surface area contributed by atoms with Gasteiger partial charge in [0.15, 0.2) is 0 Å². The third-order valence-corrected chi connectivity index (χ3v) is 4.24. The van der Waals surface area contributed by atoms with Crippen LogP contribution in [0, 0.1) is 6.92 Å². The van der Waals surface area contributed by atoms with Gasteiger partial charge in [0.2, 0.25) is 0 Å². The highest BCUT2D eigenvalue weighted by Gasteiger charge is 2.06. The molecule has 0 atom stereocenters. The van der Waals surface area contributed by atoms with Gasteiger partial charge in [-0.05, 0) is 35.4 Å². The van der Waals surface area contributed by atoms with Gasteiger partial charge in [-0.3, -0.25) is 4.55 Å². The molecule has 0 unspecified atom stereocenters. The fourth-order valence-corrected chi connectivity index (χ4v) is 2.62. The van der Waals surface area contributed by atoms with Gasteiger partial charge in [-0.15, -0.1) is 0 Å². The van der Waals surface area contributed by atoms with E-state index in [1.807, 2.05) is 37.3 Å². The Kier molecular flexibility index (Phi) is 5.50. The quantitative estimate of drug-likeness (QED) is 0.704. The van der Waals surface area contributed by atoms with Gasteiger partial charge in [0, 0.05) is 0 Å². The number of hydrogen-bond acceptors (Lipinski definition) is 3. The van der Waals surface area contributed by atoms with E-state index in [1.54, 1.807) is 12.1 Å². The Morgan fingerprint density at radius 2 is 1.48 bits per heavy atom. The van der Waals surface area contributed by atoms with Crippen molar-refractivity contribution in [2.24, 2.45) is 0 Å². The van der Waals surface area contributed by atoms with Gasteiger partial charge < -0.3 is 5.11 Å². The van der Waals surface area contributed by atoms with Crippen molar-refractivity contribution in [2.75, 3.05) is 0 Å². The molecule has 0 aliphatic carbocycles. The average Bonchev–Trinajstić information content (AvgIpc) is 2.54. The van der Waals surface area contributed by atoms with Gasteiger partial charge >= 0.3 is 0 Å². The second-order valence-corrected chi connectivity index (χ2v) is 6.51. The summed E-state index contributed by atoms with van der Waals surface area (Å²) in [5.74, 6) is 0. The van der Waals surface area contributed by atoms with Crippen molar-refractivity contribution in [3.63, 3.8) is 0 Å². The number of aryl methyl sites for hydroxylation is 1. The lowest BCUT2D eigenvalue weighted by Gasteiger charge is -2.01. The minimum absolute atomic E-state index is 0.0666. The van der Waals surface area contributed by atoms with Crippen LogP contribution in [0.2, 0.25) is 0 Å². The molecule has 3 rings (SSSR count).